The van der Waals surface area contributed by atoms with E-state index in [-0.39, 0.29) is 24.0 Å². The van der Waals surface area contributed by atoms with Gasteiger partial charge in [0.25, 0.3) is 0 Å². The van der Waals surface area contributed by atoms with Crippen molar-refractivity contribution in [3.63, 3.8) is 0 Å². The lowest BCUT2D eigenvalue weighted by Crippen LogP contribution is -2.35. The van der Waals surface area contributed by atoms with Gasteiger partial charge in [-0.25, -0.2) is 9.67 Å². The second-order valence-electron chi connectivity index (χ2n) is 9.92. The Balaban J connectivity index is 1.13. The van der Waals surface area contributed by atoms with Gasteiger partial charge in [-0.05, 0) is 65.9 Å². The number of ether oxygens (including phenoxy) is 2. The molecule has 10 nitrogen and oxygen atoms in total. The highest BCUT2D eigenvalue weighted by Crippen LogP contribution is 2.31. The summed E-state index contributed by atoms with van der Waals surface area (Å²) in [6.45, 7) is 2.57. The molecule has 198 valence electrons. The van der Waals surface area contributed by atoms with Crippen molar-refractivity contribution < 1.29 is 14.3 Å². The summed E-state index contributed by atoms with van der Waals surface area (Å²) in [5.74, 6) is 0.788. The van der Waals surface area contributed by atoms with Crippen molar-refractivity contribution in [3.8, 4) is 5.69 Å². The number of carbonyl (C=O) groups excluding carboxylic acids is 1. The molecule has 11 heteroatoms. The first-order chi connectivity index (χ1) is 18.6. The van der Waals surface area contributed by atoms with Crippen molar-refractivity contribution >= 4 is 49.7 Å². The number of amides is 1. The van der Waals surface area contributed by atoms with Crippen LogP contribution in [0.3, 0.4) is 0 Å². The highest BCUT2D eigenvalue weighted by Gasteiger charge is 2.36. The SMILES string of the molecule is COCCO[C@@H]1CCN(C(=O)[C@@H]2CC[C@@H](Nc3ncc4c(Br)nn(-c5ccc6ncccc6c5)c4n3)C2)C1. The fraction of sp³-hybridized carbons (Fsp3) is 0.444. The molecule has 38 heavy (non-hydrogen) atoms. The third-order valence-electron chi connectivity index (χ3n) is 7.42. The first-order valence-electron chi connectivity index (χ1n) is 13.0. The second kappa shape index (κ2) is 10.9. The molecule has 0 unspecified atom stereocenters. The highest BCUT2D eigenvalue weighted by molar-refractivity contribution is 9.10. The minimum atomic E-state index is 0.0137. The number of rotatable bonds is 8. The third kappa shape index (κ3) is 5.10. The standard InChI is InChI=1S/C27H30BrN7O3/c1-37-11-12-38-21-8-10-34(16-21)26(36)18-4-5-19(13-18)31-27-30-15-22-24(28)33-35(25(22)32-27)20-6-7-23-17(14-20)3-2-9-29-23/h2-3,6-7,9,14-15,18-19,21H,4-5,8,10-13,16H2,1H3,(H,30,31,32)/t18-,19-,21-/m1/s1. The Kier molecular flexibility index (Phi) is 7.22. The number of pyridine rings is 1. The Hall–Kier alpha value is -3.15. The number of fused-ring (bicyclic) bond motifs is 2. The Bertz CT molecular complexity index is 1460. The van der Waals surface area contributed by atoms with Crippen LogP contribution >= 0.6 is 15.9 Å². The molecule has 1 aliphatic heterocycles. The van der Waals surface area contributed by atoms with Gasteiger partial charge in [-0.1, -0.05) is 6.07 Å². The number of hydrogen-bond donors (Lipinski definition) is 1. The minimum absolute atomic E-state index is 0.0137. The first kappa shape index (κ1) is 25.1. The summed E-state index contributed by atoms with van der Waals surface area (Å²) in [7, 11) is 1.66. The van der Waals surface area contributed by atoms with Crippen molar-refractivity contribution in [1.29, 1.82) is 0 Å². The van der Waals surface area contributed by atoms with Gasteiger partial charge < -0.3 is 19.7 Å². The number of benzene rings is 1. The van der Waals surface area contributed by atoms with Gasteiger partial charge in [0, 0.05) is 49.9 Å². The van der Waals surface area contributed by atoms with E-state index >= 15 is 0 Å². The number of hydrogen-bond acceptors (Lipinski definition) is 8. The smallest absolute Gasteiger partial charge is 0.225 e. The molecular formula is C27H30BrN7O3. The molecule has 4 aromatic rings. The van der Waals surface area contributed by atoms with Crippen LogP contribution in [0, 0.1) is 5.92 Å². The lowest BCUT2D eigenvalue weighted by atomic mass is 10.1. The van der Waals surface area contributed by atoms with E-state index in [1.807, 2.05) is 33.8 Å². The number of halogens is 1. The maximum absolute atomic E-state index is 13.2. The largest absolute Gasteiger partial charge is 0.382 e. The van der Waals surface area contributed by atoms with Crippen molar-refractivity contribution in [2.24, 2.45) is 5.92 Å². The van der Waals surface area contributed by atoms with E-state index in [4.69, 9.17) is 14.5 Å². The summed E-state index contributed by atoms with van der Waals surface area (Å²) in [5.41, 5.74) is 2.53. The van der Waals surface area contributed by atoms with E-state index in [0.717, 1.165) is 54.2 Å². The normalized spacial score (nSPS) is 21.5. The summed E-state index contributed by atoms with van der Waals surface area (Å²) in [6.07, 6.45) is 7.09. The van der Waals surface area contributed by atoms with Crippen LogP contribution in [-0.4, -0.2) is 81.1 Å². The molecule has 6 rings (SSSR count). The van der Waals surface area contributed by atoms with Gasteiger partial charge in [0.15, 0.2) is 5.65 Å². The topological polar surface area (TPSA) is 107 Å². The van der Waals surface area contributed by atoms with Gasteiger partial charge in [0.05, 0.1) is 35.9 Å². The number of anilines is 1. The van der Waals surface area contributed by atoms with E-state index in [1.54, 1.807) is 19.5 Å². The monoisotopic (exact) mass is 579 g/mol. The number of methoxy groups -OCH3 is 1. The second-order valence-corrected chi connectivity index (χ2v) is 10.7. The average Bonchev–Trinajstić information content (AvgIpc) is 3.68. The molecule has 2 aliphatic rings. The summed E-state index contributed by atoms with van der Waals surface area (Å²) in [5, 5.41) is 10.00. The fourth-order valence-electron chi connectivity index (χ4n) is 5.45. The third-order valence-corrected chi connectivity index (χ3v) is 8.01. The zero-order valence-electron chi connectivity index (χ0n) is 21.2. The predicted octanol–water partition coefficient (Wildman–Crippen LogP) is 3.97. The van der Waals surface area contributed by atoms with Crippen molar-refractivity contribution in [2.45, 2.75) is 37.8 Å². The van der Waals surface area contributed by atoms with Crippen LogP contribution in [0.5, 0.6) is 0 Å². The van der Waals surface area contributed by atoms with Crippen molar-refractivity contribution in [1.82, 2.24) is 29.6 Å². The molecule has 2 fully saturated rings. The molecule has 0 radical (unpaired) electrons. The number of aromatic nitrogens is 5. The minimum Gasteiger partial charge on any atom is -0.382 e. The van der Waals surface area contributed by atoms with E-state index < -0.39 is 0 Å². The number of nitrogens with one attached hydrogen (secondary N) is 1. The van der Waals surface area contributed by atoms with E-state index in [0.29, 0.717) is 36.0 Å². The Morgan fingerprint density at radius 3 is 3.00 bits per heavy atom. The van der Waals surface area contributed by atoms with E-state index in [1.165, 1.54) is 0 Å². The van der Waals surface area contributed by atoms with Crippen molar-refractivity contribution in [3.05, 3.63) is 47.3 Å². The fourth-order valence-corrected chi connectivity index (χ4v) is 5.89. The predicted molar refractivity (Wildman–Crippen MR) is 147 cm³/mol. The molecule has 1 amide bonds. The van der Waals surface area contributed by atoms with Crippen LogP contribution in [0.2, 0.25) is 0 Å². The number of nitrogens with zero attached hydrogens (tertiary/aromatic N) is 6. The van der Waals surface area contributed by atoms with E-state index in [9.17, 15) is 4.79 Å². The lowest BCUT2D eigenvalue weighted by Gasteiger charge is -2.21. The number of carbonyl (C=O) groups is 1. The van der Waals surface area contributed by atoms with Gasteiger partial charge in [0.2, 0.25) is 11.9 Å². The highest BCUT2D eigenvalue weighted by atomic mass is 79.9. The Morgan fingerprint density at radius 1 is 1.18 bits per heavy atom. The van der Waals surface area contributed by atoms with Gasteiger partial charge in [0.1, 0.15) is 4.60 Å². The first-order valence-corrected chi connectivity index (χ1v) is 13.8. The Labute approximate surface area is 228 Å². The van der Waals surface area contributed by atoms with Crippen LogP contribution < -0.4 is 5.32 Å². The molecule has 1 saturated carbocycles. The molecule has 0 spiro atoms. The van der Waals surface area contributed by atoms with Crippen LogP contribution in [0.1, 0.15) is 25.7 Å². The van der Waals surface area contributed by atoms with Gasteiger partial charge in [-0.3, -0.25) is 9.78 Å². The summed E-state index contributed by atoms with van der Waals surface area (Å²) < 4.78 is 13.4. The van der Waals surface area contributed by atoms with Crippen LogP contribution in [0.25, 0.3) is 27.6 Å². The molecule has 3 atom stereocenters. The summed E-state index contributed by atoms with van der Waals surface area (Å²) >= 11 is 3.55. The quantitative estimate of drug-likeness (QED) is 0.312. The van der Waals surface area contributed by atoms with E-state index in [2.05, 4.69) is 42.4 Å². The molecule has 1 N–H and O–H groups in total. The molecule has 1 aromatic carbocycles. The van der Waals surface area contributed by atoms with Crippen LogP contribution in [0.15, 0.2) is 47.3 Å². The molecule has 0 bridgehead atoms. The zero-order valence-corrected chi connectivity index (χ0v) is 22.8. The van der Waals surface area contributed by atoms with Crippen LogP contribution in [-0.2, 0) is 14.3 Å². The van der Waals surface area contributed by atoms with Gasteiger partial charge in [-0.2, -0.15) is 10.1 Å². The zero-order chi connectivity index (χ0) is 26.1. The average molecular weight is 580 g/mol. The van der Waals surface area contributed by atoms with Crippen molar-refractivity contribution in [2.75, 3.05) is 38.7 Å². The molecular weight excluding hydrogens is 550 g/mol. The Morgan fingerprint density at radius 2 is 2.11 bits per heavy atom. The maximum atomic E-state index is 13.2. The molecule has 3 aromatic heterocycles. The number of likely N-dealkylation sites (tertiary alicyclic amines) is 1. The van der Waals surface area contributed by atoms with Gasteiger partial charge >= 0.3 is 0 Å². The molecule has 4 heterocycles. The molecule has 1 saturated heterocycles. The van der Waals surface area contributed by atoms with Gasteiger partial charge in [-0.15, -0.1) is 0 Å². The molecule has 1 aliphatic carbocycles. The summed E-state index contributed by atoms with van der Waals surface area (Å²) in [4.78, 5) is 28.9. The lowest BCUT2D eigenvalue weighted by molar-refractivity contribution is -0.134. The summed E-state index contributed by atoms with van der Waals surface area (Å²) in [6, 6.07) is 10.1. The maximum Gasteiger partial charge on any atom is 0.225 e. The van der Waals surface area contributed by atoms with Crippen LogP contribution in [0.4, 0.5) is 5.95 Å².